The number of carbonyl (C=O) groups is 1. The van der Waals surface area contributed by atoms with Gasteiger partial charge in [0.15, 0.2) is 0 Å². The van der Waals surface area contributed by atoms with Crippen molar-refractivity contribution in [3.05, 3.63) is 0 Å². The summed E-state index contributed by atoms with van der Waals surface area (Å²) in [6.45, 7) is 0.518. The van der Waals surface area contributed by atoms with Crippen molar-refractivity contribution in [2.75, 3.05) is 13.1 Å². The first kappa shape index (κ1) is 13.6. The van der Waals surface area contributed by atoms with Crippen LogP contribution >= 0.6 is 0 Å². The second-order valence-electron chi connectivity index (χ2n) is 4.46. The molecular formula is C9H12F3NO4S. The number of nitrogens with zero attached hydrogens (tertiary/aromatic N) is 1. The van der Waals surface area contributed by atoms with Crippen LogP contribution in [0, 0.1) is 5.92 Å². The summed E-state index contributed by atoms with van der Waals surface area (Å²) in [4.78, 5) is 12.9. The number of fused-ring (bicyclic) bond motifs is 2. The molecule has 2 atom stereocenters. The maximum absolute atomic E-state index is 12.2. The number of alkyl halides is 3. The SMILES string of the molecule is O=C1CCC2CN1CCC2OS(=O)(=O)C(F)(F)F. The number of amides is 1. The minimum atomic E-state index is -5.55. The van der Waals surface area contributed by atoms with Crippen LogP contribution in [0.1, 0.15) is 19.3 Å². The van der Waals surface area contributed by atoms with Crippen LogP contribution in [-0.2, 0) is 19.1 Å². The zero-order valence-electron chi connectivity index (χ0n) is 9.31. The summed E-state index contributed by atoms with van der Waals surface area (Å²) >= 11 is 0. The van der Waals surface area contributed by atoms with Gasteiger partial charge in [-0.3, -0.25) is 8.98 Å². The van der Waals surface area contributed by atoms with Crippen molar-refractivity contribution in [2.45, 2.75) is 30.9 Å². The molecule has 0 aromatic carbocycles. The number of piperidine rings is 2. The molecule has 1 amide bonds. The molecule has 18 heavy (non-hydrogen) atoms. The molecule has 0 N–H and O–H groups in total. The van der Waals surface area contributed by atoms with Gasteiger partial charge >= 0.3 is 15.6 Å². The lowest BCUT2D eigenvalue weighted by Crippen LogP contribution is -2.51. The van der Waals surface area contributed by atoms with E-state index in [0.717, 1.165) is 0 Å². The summed E-state index contributed by atoms with van der Waals surface area (Å²) in [5.74, 6) is -0.378. The van der Waals surface area contributed by atoms with Gasteiger partial charge in [0, 0.05) is 25.4 Å². The van der Waals surface area contributed by atoms with Crippen molar-refractivity contribution in [3.8, 4) is 0 Å². The normalized spacial score (nSPS) is 29.5. The first-order valence-corrected chi connectivity index (χ1v) is 6.89. The van der Waals surface area contributed by atoms with Gasteiger partial charge in [0.2, 0.25) is 5.91 Å². The highest BCUT2D eigenvalue weighted by atomic mass is 32.2. The highest BCUT2D eigenvalue weighted by Gasteiger charge is 2.50. The van der Waals surface area contributed by atoms with Crippen molar-refractivity contribution in [2.24, 2.45) is 5.92 Å². The molecule has 2 unspecified atom stereocenters. The van der Waals surface area contributed by atoms with E-state index in [0.29, 0.717) is 6.42 Å². The van der Waals surface area contributed by atoms with Gasteiger partial charge in [-0.2, -0.15) is 21.6 Å². The molecule has 0 aliphatic carbocycles. The zero-order valence-corrected chi connectivity index (χ0v) is 10.1. The maximum Gasteiger partial charge on any atom is 0.523 e. The lowest BCUT2D eigenvalue weighted by atomic mass is 9.87. The van der Waals surface area contributed by atoms with Gasteiger partial charge in [-0.05, 0) is 12.8 Å². The maximum atomic E-state index is 12.2. The van der Waals surface area contributed by atoms with Crippen molar-refractivity contribution >= 4 is 16.0 Å². The lowest BCUT2D eigenvalue weighted by Gasteiger charge is -2.41. The molecule has 2 saturated heterocycles. The van der Waals surface area contributed by atoms with Gasteiger partial charge in [-0.1, -0.05) is 0 Å². The van der Waals surface area contributed by atoms with E-state index in [1.54, 1.807) is 0 Å². The fourth-order valence-corrected chi connectivity index (χ4v) is 3.01. The van der Waals surface area contributed by atoms with Crippen LogP contribution in [0.3, 0.4) is 0 Å². The zero-order chi connectivity index (χ0) is 13.6. The van der Waals surface area contributed by atoms with Gasteiger partial charge in [-0.25, -0.2) is 0 Å². The molecule has 0 spiro atoms. The molecule has 2 bridgehead atoms. The van der Waals surface area contributed by atoms with Crippen molar-refractivity contribution in [1.29, 1.82) is 0 Å². The Morgan fingerprint density at radius 3 is 2.56 bits per heavy atom. The molecular weight excluding hydrogens is 275 g/mol. The number of carbonyl (C=O) groups excluding carboxylic acids is 1. The monoisotopic (exact) mass is 287 g/mol. The Hall–Kier alpha value is -0.830. The lowest BCUT2D eigenvalue weighted by molar-refractivity contribution is -0.140. The second-order valence-corrected chi connectivity index (χ2v) is 6.03. The largest absolute Gasteiger partial charge is 0.523 e. The van der Waals surface area contributed by atoms with Crippen LogP contribution < -0.4 is 0 Å². The number of hydrogen-bond acceptors (Lipinski definition) is 4. The van der Waals surface area contributed by atoms with E-state index in [1.807, 2.05) is 0 Å². The Bertz CT molecular complexity index is 447. The Morgan fingerprint density at radius 2 is 1.94 bits per heavy atom. The fraction of sp³-hybridized carbons (Fsp3) is 0.889. The molecule has 2 rings (SSSR count). The molecule has 104 valence electrons. The van der Waals surface area contributed by atoms with Crippen LogP contribution in [0.4, 0.5) is 13.2 Å². The van der Waals surface area contributed by atoms with Gasteiger partial charge in [0.1, 0.15) is 0 Å². The Kier molecular flexibility index (Phi) is 3.30. The summed E-state index contributed by atoms with van der Waals surface area (Å²) in [7, 11) is -5.55. The smallest absolute Gasteiger partial charge is 0.342 e. The molecule has 2 fully saturated rings. The number of hydrogen-bond donors (Lipinski definition) is 0. The van der Waals surface area contributed by atoms with E-state index in [4.69, 9.17) is 0 Å². The van der Waals surface area contributed by atoms with Crippen molar-refractivity contribution < 1.29 is 30.6 Å². The standard InChI is InChI=1S/C9H12F3NO4S/c10-9(11,12)18(15,16)17-7-3-4-13-5-6(7)1-2-8(13)14/h6-7H,1-5H2. The van der Waals surface area contributed by atoms with Gasteiger partial charge < -0.3 is 4.90 Å². The van der Waals surface area contributed by atoms with E-state index in [9.17, 15) is 26.4 Å². The minimum absolute atomic E-state index is 0.0385. The highest BCUT2D eigenvalue weighted by Crippen LogP contribution is 2.33. The molecule has 9 heteroatoms. The van der Waals surface area contributed by atoms with Crippen LogP contribution in [0.15, 0.2) is 0 Å². The quantitative estimate of drug-likeness (QED) is 0.558. The summed E-state index contributed by atoms with van der Waals surface area (Å²) in [6.07, 6.45) is -0.267. The Morgan fingerprint density at radius 1 is 1.28 bits per heavy atom. The summed E-state index contributed by atoms with van der Waals surface area (Å²) in [5.41, 5.74) is -5.39. The fourth-order valence-electron chi connectivity index (χ4n) is 2.33. The molecule has 0 aromatic rings. The number of halogens is 3. The molecule has 2 heterocycles. The Balaban J connectivity index is 2.06. The first-order chi connectivity index (χ1) is 8.21. The van der Waals surface area contributed by atoms with E-state index >= 15 is 0 Å². The number of rotatable bonds is 2. The predicted octanol–water partition coefficient (Wildman–Crippen LogP) is 0.864. The highest BCUT2D eigenvalue weighted by molar-refractivity contribution is 7.87. The summed E-state index contributed by atoms with van der Waals surface area (Å²) in [5, 5.41) is 0. The predicted molar refractivity (Wildman–Crippen MR) is 53.8 cm³/mol. The summed E-state index contributed by atoms with van der Waals surface area (Å²) in [6, 6.07) is 0. The average molecular weight is 287 g/mol. The van der Waals surface area contributed by atoms with Crippen molar-refractivity contribution in [3.63, 3.8) is 0 Å². The minimum Gasteiger partial charge on any atom is -0.342 e. The van der Waals surface area contributed by atoms with Crippen molar-refractivity contribution in [1.82, 2.24) is 4.90 Å². The molecule has 2 aliphatic heterocycles. The molecule has 0 aromatic heterocycles. The topological polar surface area (TPSA) is 63.7 Å². The van der Waals surface area contributed by atoms with Crippen LogP contribution in [-0.4, -0.2) is 43.9 Å². The third-order valence-corrected chi connectivity index (χ3v) is 4.35. The summed E-state index contributed by atoms with van der Waals surface area (Å²) < 4.78 is 62.7. The Labute approximate surface area is 102 Å². The molecule has 5 nitrogen and oxygen atoms in total. The second kappa shape index (κ2) is 4.37. The van der Waals surface area contributed by atoms with E-state index in [1.165, 1.54) is 4.90 Å². The first-order valence-electron chi connectivity index (χ1n) is 5.48. The van der Waals surface area contributed by atoms with Gasteiger partial charge in [0.05, 0.1) is 6.10 Å². The third-order valence-electron chi connectivity index (χ3n) is 3.28. The molecule has 0 radical (unpaired) electrons. The van der Waals surface area contributed by atoms with Crippen LogP contribution in [0.25, 0.3) is 0 Å². The molecule has 2 aliphatic rings. The van der Waals surface area contributed by atoms with Crippen LogP contribution in [0.5, 0.6) is 0 Å². The van der Waals surface area contributed by atoms with Gasteiger partial charge in [0.25, 0.3) is 0 Å². The molecule has 0 saturated carbocycles. The van der Waals surface area contributed by atoms with E-state index < -0.39 is 21.7 Å². The van der Waals surface area contributed by atoms with Gasteiger partial charge in [-0.15, -0.1) is 0 Å². The average Bonchev–Trinajstić information content (AvgIpc) is 2.25. The van der Waals surface area contributed by atoms with E-state index in [-0.39, 0.29) is 37.8 Å². The third kappa shape index (κ3) is 2.46. The van der Waals surface area contributed by atoms with Crippen LogP contribution in [0.2, 0.25) is 0 Å². The van der Waals surface area contributed by atoms with E-state index in [2.05, 4.69) is 4.18 Å².